The number of nitrogen functional groups attached to an aromatic ring is 1. The lowest BCUT2D eigenvalue weighted by Crippen LogP contribution is -2.32. The van der Waals surface area contributed by atoms with Gasteiger partial charge in [0.15, 0.2) is 5.65 Å². The Bertz CT molecular complexity index is 615. The lowest BCUT2D eigenvalue weighted by molar-refractivity contribution is -0.0323. The van der Waals surface area contributed by atoms with Gasteiger partial charge in [0.25, 0.3) is 0 Å². The fourth-order valence-corrected chi connectivity index (χ4v) is 3.07. The van der Waals surface area contributed by atoms with Crippen LogP contribution in [-0.4, -0.2) is 50.7 Å². The van der Waals surface area contributed by atoms with Crippen molar-refractivity contribution in [3.05, 3.63) is 18.6 Å². The Kier molecular flexibility index (Phi) is 3.33. The summed E-state index contributed by atoms with van der Waals surface area (Å²) < 4.78 is 7.12. The Morgan fingerprint density at radius 3 is 2.95 bits per heavy atom. The van der Waals surface area contributed by atoms with Gasteiger partial charge in [-0.25, -0.2) is 9.97 Å². The minimum atomic E-state index is -0.710. The summed E-state index contributed by atoms with van der Waals surface area (Å²) in [5, 5.41) is 19.8. The van der Waals surface area contributed by atoms with Gasteiger partial charge in [0.1, 0.15) is 11.6 Å². The van der Waals surface area contributed by atoms with Crippen LogP contribution in [0.5, 0.6) is 0 Å². The molecule has 2 aromatic rings. The molecule has 2 aromatic heterocycles. The number of anilines is 1. The second-order valence-electron chi connectivity index (χ2n) is 5.16. The van der Waals surface area contributed by atoms with E-state index in [0.29, 0.717) is 23.3 Å². The molecule has 4 atom stereocenters. The molecule has 7 nitrogen and oxygen atoms in total. The molecule has 1 aliphatic rings. The zero-order valence-corrected chi connectivity index (χ0v) is 11.2. The van der Waals surface area contributed by atoms with Gasteiger partial charge in [0.05, 0.1) is 24.2 Å². The third-order valence-electron chi connectivity index (χ3n) is 4.10. The lowest BCUT2D eigenvalue weighted by Gasteiger charge is -2.20. The smallest absolute Gasteiger partial charge is 0.162 e. The molecule has 3 rings (SSSR count). The average Bonchev–Trinajstić information content (AvgIpc) is 3.00. The van der Waals surface area contributed by atoms with Crippen LogP contribution in [0.25, 0.3) is 11.2 Å². The molecule has 0 aromatic carbocycles. The maximum atomic E-state index is 10.4. The van der Waals surface area contributed by atoms with Gasteiger partial charge in [0.2, 0.25) is 0 Å². The SMILES string of the molecule is COC1[C@@H](CO)C[C@@H](n2cnc3c(N)ccnc32)[C@H]1O. The highest BCUT2D eigenvalue weighted by Gasteiger charge is 2.43. The molecular formula is C13H18N4O3. The van der Waals surface area contributed by atoms with Crippen molar-refractivity contribution in [3.63, 3.8) is 0 Å². The predicted octanol–water partition coefficient (Wildman–Crippen LogP) is -0.0573. The topological polar surface area (TPSA) is 106 Å². The van der Waals surface area contributed by atoms with E-state index in [4.69, 9.17) is 10.5 Å². The Labute approximate surface area is 116 Å². The van der Waals surface area contributed by atoms with Gasteiger partial charge < -0.3 is 25.3 Å². The minimum absolute atomic E-state index is 0.0196. The van der Waals surface area contributed by atoms with Gasteiger partial charge in [-0.05, 0) is 12.5 Å². The van der Waals surface area contributed by atoms with E-state index in [1.807, 2.05) is 4.57 Å². The quantitative estimate of drug-likeness (QED) is 0.726. The number of nitrogens with zero attached hydrogens (tertiary/aromatic N) is 3. The molecular weight excluding hydrogens is 260 g/mol. The van der Waals surface area contributed by atoms with Crippen molar-refractivity contribution in [2.75, 3.05) is 19.5 Å². The normalized spacial score (nSPS) is 30.1. The van der Waals surface area contributed by atoms with E-state index in [9.17, 15) is 10.2 Å². The highest BCUT2D eigenvalue weighted by Crippen LogP contribution is 2.38. The number of aliphatic hydroxyl groups excluding tert-OH is 2. The Morgan fingerprint density at radius 2 is 2.30 bits per heavy atom. The maximum absolute atomic E-state index is 10.4. The lowest BCUT2D eigenvalue weighted by atomic mass is 10.1. The van der Waals surface area contributed by atoms with Gasteiger partial charge in [-0.15, -0.1) is 0 Å². The first-order valence-electron chi connectivity index (χ1n) is 6.56. The van der Waals surface area contributed by atoms with Gasteiger partial charge in [0, 0.05) is 25.8 Å². The molecule has 4 N–H and O–H groups in total. The summed E-state index contributed by atoms with van der Waals surface area (Å²) in [5.74, 6) is -0.0986. The van der Waals surface area contributed by atoms with E-state index in [1.165, 1.54) is 0 Å². The summed E-state index contributed by atoms with van der Waals surface area (Å²) in [5.41, 5.74) is 7.69. The molecule has 1 unspecified atom stereocenters. The highest BCUT2D eigenvalue weighted by molar-refractivity contribution is 5.83. The van der Waals surface area contributed by atoms with Crippen molar-refractivity contribution in [2.24, 2.45) is 5.92 Å². The first-order chi connectivity index (χ1) is 9.67. The molecule has 0 radical (unpaired) electrons. The van der Waals surface area contributed by atoms with E-state index in [-0.39, 0.29) is 24.7 Å². The summed E-state index contributed by atoms with van der Waals surface area (Å²) in [7, 11) is 1.54. The molecule has 0 bridgehead atoms. The molecule has 108 valence electrons. The van der Waals surface area contributed by atoms with Crippen LogP contribution in [-0.2, 0) is 4.74 Å². The molecule has 0 saturated heterocycles. The van der Waals surface area contributed by atoms with E-state index in [2.05, 4.69) is 9.97 Å². The molecule has 1 saturated carbocycles. The fourth-order valence-electron chi connectivity index (χ4n) is 3.07. The second-order valence-corrected chi connectivity index (χ2v) is 5.16. The number of rotatable bonds is 3. The van der Waals surface area contributed by atoms with E-state index in [1.54, 1.807) is 25.7 Å². The van der Waals surface area contributed by atoms with Crippen LogP contribution < -0.4 is 5.73 Å². The van der Waals surface area contributed by atoms with Crippen LogP contribution in [0.3, 0.4) is 0 Å². The molecule has 7 heteroatoms. The number of methoxy groups -OCH3 is 1. The summed E-state index contributed by atoms with van der Waals surface area (Å²) >= 11 is 0. The Balaban J connectivity index is 2.01. The first-order valence-corrected chi connectivity index (χ1v) is 6.56. The van der Waals surface area contributed by atoms with Gasteiger partial charge in [-0.1, -0.05) is 0 Å². The number of pyridine rings is 1. The van der Waals surface area contributed by atoms with E-state index >= 15 is 0 Å². The Morgan fingerprint density at radius 1 is 1.50 bits per heavy atom. The number of nitrogens with two attached hydrogens (primary N) is 1. The zero-order chi connectivity index (χ0) is 14.3. The molecule has 0 amide bonds. The standard InChI is InChI=1S/C13H18N4O3/c1-20-12-7(5-18)4-9(11(12)19)17-6-16-10-8(14)2-3-15-13(10)17/h2-3,6-7,9,11-12,18-19H,4-5H2,1H3,(H2,14,15)/t7-,9-,11-,12?/m1/s1. The van der Waals surface area contributed by atoms with Crippen molar-refractivity contribution in [3.8, 4) is 0 Å². The number of hydrogen-bond donors (Lipinski definition) is 3. The molecule has 0 aliphatic heterocycles. The second kappa shape index (κ2) is 5.01. The number of aliphatic hydroxyl groups is 2. The third kappa shape index (κ3) is 1.86. The van der Waals surface area contributed by atoms with Crippen LogP contribution in [0.15, 0.2) is 18.6 Å². The number of imidazole rings is 1. The summed E-state index contributed by atoms with van der Waals surface area (Å²) in [6.45, 7) is -0.0196. The molecule has 1 aliphatic carbocycles. The first kappa shape index (κ1) is 13.3. The van der Waals surface area contributed by atoms with E-state index < -0.39 is 6.10 Å². The van der Waals surface area contributed by atoms with Crippen LogP contribution in [0.1, 0.15) is 12.5 Å². The molecule has 20 heavy (non-hydrogen) atoms. The van der Waals surface area contributed by atoms with Crippen molar-refractivity contribution < 1.29 is 14.9 Å². The molecule has 1 fully saturated rings. The third-order valence-corrected chi connectivity index (χ3v) is 4.10. The summed E-state index contributed by atoms with van der Waals surface area (Å²) in [4.78, 5) is 8.55. The number of hydrogen-bond acceptors (Lipinski definition) is 6. The van der Waals surface area contributed by atoms with Crippen molar-refractivity contribution in [2.45, 2.75) is 24.7 Å². The number of ether oxygens (including phenoxy) is 1. The molecule has 2 heterocycles. The average molecular weight is 278 g/mol. The summed E-state index contributed by atoms with van der Waals surface area (Å²) in [6.07, 6.45) is 2.77. The minimum Gasteiger partial charge on any atom is -0.397 e. The maximum Gasteiger partial charge on any atom is 0.162 e. The largest absolute Gasteiger partial charge is 0.397 e. The van der Waals surface area contributed by atoms with Crippen LogP contribution in [0.4, 0.5) is 5.69 Å². The van der Waals surface area contributed by atoms with Crippen LogP contribution in [0.2, 0.25) is 0 Å². The monoisotopic (exact) mass is 278 g/mol. The van der Waals surface area contributed by atoms with Gasteiger partial charge in [-0.3, -0.25) is 0 Å². The van der Waals surface area contributed by atoms with Crippen LogP contribution >= 0.6 is 0 Å². The highest BCUT2D eigenvalue weighted by atomic mass is 16.5. The van der Waals surface area contributed by atoms with Gasteiger partial charge in [-0.2, -0.15) is 0 Å². The number of fused-ring (bicyclic) bond motifs is 1. The fraction of sp³-hybridized carbons (Fsp3) is 0.538. The molecule has 0 spiro atoms. The summed E-state index contributed by atoms with van der Waals surface area (Å²) in [6, 6.07) is 1.47. The van der Waals surface area contributed by atoms with Crippen LogP contribution in [0, 0.1) is 5.92 Å². The van der Waals surface area contributed by atoms with Crippen molar-refractivity contribution >= 4 is 16.9 Å². The van der Waals surface area contributed by atoms with E-state index in [0.717, 1.165) is 0 Å². The zero-order valence-electron chi connectivity index (χ0n) is 11.2. The number of aromatic nitrogens is 3. The van der Waals surface area contributed by atoms with Crippen molar-refractivity contribution in [1.82, 2.24) is 14.5 Å². The van der Waals surface area contributed by atoms with Gasteiger partial charge >= 0.3 is 0 Å². The Hall–Kier alpha value is -1.70. The van der Waals surface area contributed by atoms with Crippen molar-refractivity contribution in [1.29, 1.82) is 0 Å². The predicted molar refractivity (Wildman–Crippen MR) is 73.0 cm³/mol.